The minimum absolute atomic E-state index is 0. The van der Waals surface area contributed by atoms with Crippen LogP contribution in [0.2, 0.25) is 0 Å². The van der Waals surface area contributed by atoms with Gasteiger partial charge in [-0.15, -0.1) is 0 Å². The number of carbonyl (C=O) groups excluding carboxylic acids is 4. The zero-order chi connectivity index (χ0) is 34.6. The number of H-pyrrole nitrogens is 2. The van der Waals surface area contributed by atoms with Crippen molar-refractivity contribution in [3.8, 4) is 0 Å². The minimum Gasteiger partial charge on any atom is -0.550 e. The zero-order valence-electron chi connectivity index (χ0n) is 32.4. The molecular weight excluding hydrogens is 831 g/mol. The molecule has 0 atom stereocenters. The molecule has 334 valence electrons. The van der Waals surface area contributed by atoms with Gasteiger partial charge in [0, 0.05) is 76.2 Å². The molecule has 0 aromatic carbocycles. The molecular formula is C28H66Cu2N8O16+2. The second-order valence-corrected chi connectivity index (χ2v) is 10.5. The van der Waals surface area contributed by atoms with E-state index in [0.29, 0.717) is 0 Å². The van der Waals surface area contributed by atoms with E-state index >= 15 is 0 Å². The second kappa shape index (κ2) is 46.0. The molecule has 2 aromatic rings. The van der Waals surface area contributed by atoms with Crippen molar-refractivity contribution >= 4 is 23.9 Å². The molecule has 3 rings (SSSR count). The van der Waals surface area contributed by atoms with Gasteiger partial charge in [0.1, 0.15) is 11.6 Å². The predicted molar refractivity (Wildman–Crippen MR) is 186 cm³/mol. The number of likely N-dealkylation sites (N-methyl/N-ethyl adjacent to an activating group) is 2. The topological polar surface area (TPSA) is 486 Å². The van der Waals surface area contributed by atoms with Crippen molar-refractivity contribution < 1.29 is 118 Å². The van der Waals surface area contributed by atoms with E-state index in [-0.39, 0.29) is 77.9 Å². The summed E-state index contributed by atoms with van der Waals surface area (Å²) in [5, 5.41) is 35.6. The van der Waals surface area contributed by atoms with Crippen molar-refractivity contribution in [3.63, 3.8) is 0 Å². The standard InChI is InChI=1S/C20H36N8.4C2H4O2.2Cu.8H2O/c1-15-21-17-11-27(9-7-25(3)4)13-19-20(24-16(2)23-19)14-28(10-8-26(5)6)12-18(17)22-15;4*1-2(3)4;;;;;;;;;;/h7-14H2,1-6H3,(H,21,22)(H,23,24);4*1H3,(H,3,4);;;8*1H2/q;;;;;2*+2;;;;;;;;/p-2. The molecule has 54 heavy (non-hydrogen) atoms. The maximum atomic E-state index is 8.89. The molecule has 3 heterocycles. The second-order valence-electron chi connectivity index (χ2n) is 10.5. The Hall–Kier alpha value is -3.14. The van der Waals surface area contributed by atoms with Crippen molar-refractivity contribution in [1.29, 1.82) is 0 Å². The smallest absolute Gasteiger partial charge is 0.550 e. The fourth-order valence-corrected chi connectivity index (χ4v) is 3.68. The van der Waals surface area contributed by atoms with E-state index in [4.69, 9.17) is 49.6 Å². The number of hydrogen-bond donors (Lipinski definition) is 2. The van der Waals surface area contributed by atoms with Crippen LogP contribution in [0.3, 0.4) is 0 Å². The molecule has 20 N–H and O–H groups in total. The number of imidazole rings is 2. The SMILES string of the molecule is CC(=O)[O-].CC(=O)[O-].CC(=O)[O-].CC(=O)[O-].Cc1nc2c([nH]1)CN(CCN(C)C)Cc1nc(C)[nH]c1CN(CCN(C)C)C2.O.O.O.O.O.O.[Cu+2].[Cu+2].[OH3+].[OH3+]. The van der Waals surface area contributed by atoms with Gasteiger partial charge in [0.15, 0.2) is 0 Å². The first kappa shape index (κ1) is 83.7. The van der Waals surface area contributed by atoms with Crippen LogP contribution in [0.1, 0.15) is 62.1 Å². The molecule has 1 aliphatic heterocycles. The molecule has 0 saturated heterocycles. The van der Waals surface area contributed by atoms with Crippen LogP contribution >= 0.6 is 0 Å². The van der Waals surface area contributed by atoms with Gasteiger partial charge in [-0.05, 0) is 69.7 Å². The van der Waals surface area contributed by atoms with E-state index in [1.165, 1.54) is 22.8 Å². The van der Waals surface area contributed by atoms with Crippen LogP contribution in [0, 0.1) is 13.8 Å². The molecule has 0 aliphatic carbocycles. The third-order valence-electron chi connectivity index (χ3n) is 5.20. The van der Waals surface area contributed by atoms with Gasteiger partial charge >= 0.3 is 34.1 Å². The number of carboxylic acids is 4. The van der Waals surface area contributed by atoms with E-state index in [1.807, 2.05) is 0 Å². The largest absolute Gasteiger partial charge is 2.00 e. The molecule has 26 heteroatoms. The molecule has 0 spiro atoms. The van der Waals surface area contributed by atoms with Crippen LogP contribution in [0.5, 0.6) is 0 Å². The summed E-state index contributed by atoms with van der Waals surface area (Å²) in [5.74, 6) is -2.34. The molecule has 0 fully saturated rings. The number of fused-ring (bicyclic) bond motifs is 2. The number of aromatic amines is 2. The number of nitrogens with zero attached hydrogens (tertiary/aromatic N) is 6. The summed E-state index contributed by atoms with van der Waals surface area (Å²) in [7, 11) is 8.50. The van der Waals surface area contributed by atoms with Crippen LogP contribution < -0.4 is 20.4 Å². The Morgan fingerprint density at radius 1 is 0.556 bits per heavy atom. The molecule has 0 unspecified atom stereocenters. The Bertz CT molecular complexity index is 1000. The zero-order valence-corrected chi connectivity index (χ0v) is 34.2. The van der Waals surface area contributed by atoms with E-state index in [2.05, 4.69) is 71.6 Å². The van der Waals surface area contributed by atoms with Gasteiger partial charge in [-0.2, -0.15) is 0 Å². The normalized spacial score (nSPS) is 10.4. The molecule has 24 nitrogen and oxygen atoms in total. The first-order chi connectivity index (χ1) is 20.2. The minimum atomic E-state index is -1.08. The fraction of sp³-hybridized carbons (Fsp3) is 0.643. The maximum Gasteiger partial charge on any atom is 2.00 e. The van der Waals surface area contributed by atoms with Crippen molar-refractivity contribution in [2.24, 2.45) is 0 Å². The van der Waals surface area contributed by atoms with E-state index in [1.54, 1.807) is 0 Å². The number of rotatable bonds is 6. The van der Waals surface area contributed by atoms with Gasteiger partial charge in [-0.3, -0.25) is 9.80 Å². The number of hydrogen-bond acceptors (Lipinski definition) is 14. The van der Waals surface area contributed by atoms with E-state index in [9.17, 15) is 0 Å². The van der Waals surface area contributed by atoms with Crippen molar-refractivity contribution in [3.05, 3.63) is 34.4 Å². The molecule has 0 amide bonds. The Kier molecular flexibility index (Phi) is 71.3. The molecule has 0 saturated carbocycles. The van der Waals surface area contributed by atoms with Gasteiger partial charge in [-0.25, -0.2) is 9.97 Å². The third kappa shape index (κ3) is 51.0. The van der Waals surface area contributed by atoms with Crippen LogP contribution in [0.15, 0.2) is 0 Å². The average molecular weight is 898 g/mol. The molecule has 0 bridgehead atoms. The summed E-state index contributed by atoms with van der Waals surface area (Å²) in [5.41, 5.74) is 4.82. The maximum absolute atomic E-state index is 8.89. The quantitative estimate of drug-likeness (QED) is 0.201. The van der Waals surface area contributed by atoms with Gasteiger partial charge in [-0.1, -0.05) is 0 Å². The summed E-state index contributed by atoms with van der Waals surface area (Å²) < 4.78 is 0. The Labute approximate surface area is 336 Å². The number of aromatic nitrogens is 4. The van der Waals surface area contributed by atoms with Gasteiger partial charge in [0.05, 0.1) is 22.8 Å². The van der Waals surface area contributed by atoms with Gasteiger partial charge < -0.3 is 103 Å². The summed E-state index contributed by atoms with van der Waals surface area (Å²) in [6.45, 7) is 15.5. The van der Waals surface area contributed by atoms with E-state index in [0.717, 1.165) is 91.7 Å². The third-order valence-corrected chi connectivity index (χ3v) is 5.20. The summed E-state index contributed by atoms with van der Waals surface area (Å²) >= 11 is 0. The number of aryl methyl sites for hydroxylation is 2. The Morgan fingerprint density at radius 2 is 0.759 bits per heavy atom. The van der Waals surface area contributed by atoms with Crippen molar-refractivity contribution in [2.45, 2.75) is 67.7 Å². The van der Waals surface area contributed by atoms with Crippen LogP contribution in [-0.2, 0) is 90.4 Å². The molecule has 1 aliphatic rings. The molecule has 2 radical (unpaired) electrons. The summed E-state index contributed by atoms with van der Waals surface area (Å²) in [6.07, 6.45) is 0. The summed E-state index contributed by atoms with van der Waals surface area (Å²) in [6, 6.07) is 0. The number of carboxylic acid groups (broad SMARTS) is 4. The van der Waals surface area contributed by atoms with Crippen LogP contribution in [0.4, 0.5) is 0 Å². The van der Waals surface area contributed by atoms with E-state index < -0.39 is 23.9 Å². The average Bonchev–Trinajstić information content (AvgIpc) is 3.34. The van der Waals surface area contributed by atoms with Crippen molar-refractivity contribution in [1.82, 2.24) is 39.5 Å². The first-order valence-corrected chi connectivity index (χ1v) is 13.8. The first-order valence-electron chi connectivity index (χ1n) is 13.8. The fourth-order valence-electron chi connectivity index (χ4n) is 3.68. The summed E-state index contributed by atoms with van der Waals surface area (Å²) in [4.78, 5) is 61.6. The Balaban J connectivity index is -0.0000000585. The van der Waals surface area contributed by atoms with Gasteiger partial charge in [0.2, 0.25) is 0 Å². The monoisotopic (exact) mass is 896 g/mol. The van der Waals surface area contributed by atoms with Crippen molar-refractivity contribution in [2.75, 3.05) is 54.4 Å². The predicted octanol–water partition coefficient (Wildman–Crippen LogP) is -10.6. The number of nitrogens with one attached hydrogen (secondary N) is 2. The Morgan fingerprint density at radius 3 is 0.944 bits per heavy atom. The van der Waals surface area contributed by atoms with Gasteiger partial charge in [0.25, 0.3) is 0 Å². The number of aliphatic carboxylic acids is 4. The molecule has 2 aromatic heterocycles. The van der Waals surface area contributed by atoms with Crippen LogP contribution in [-0.4, -0.2) is 151 Å². The number of carbonyl (C=O) groups is 4. The van der Waals surface area contributed by atoms with Crippen LogP contribution in [0.25, 0.3) is 0 Å².